The van der Waals surface area contributed by atoms with Gasteiger partial charge >= 0.3 is 0 Å². The number of carbonyl (C=O) groups is 2. The van der Waals surface area contributed by atoms with Gasteiger partial charge in [-0.3, -0.25) is 9.59 Å². The first kappa shape index (κ1) is 18.5. The zero-order valence-electron chi connectivity index (χ0n) is 13.9. The van der Waals surface area contributed by atoms with Crippen LogP contribution >= 0.6 is 0 Å². The van der Waals surface area contributed by atoms with Crippen LogP contribution in [-0.4, -0.2) is 44.0 Å². The lowest BCUT2D eigenvalue weighted by molar-refractivity contribution is -0.130. The summed E-state index contributed by atoms with van der Waals surface area (Å²) in [4.78, 5) is 25.0. The maximum atomic E-state index is 11.8. The van der Waals surface area contributed by atoms with E-state index in [9.17, 15) is 9.59 Å². The predicted molar refractivity (Wildman–Crippen MR) is 88.5 cm³/mol. The molecular weight excluding hydrogens is 296 g/mol. The van der Waals surface area contributed by atoms with E-state index in [4.69, 9.17) is 9.47 Å². The molecule has 2 amide bonds. The van der Waals surface area contributed by atoms with Crippen LogP contribution in [0.1, 0.15) is 18.9 Å². The fourth-order valence-corrected chi connectivity index (χ4v) is 2.06. The Hall–Kier alpha value is -2.50. The average molecular weight is 320 g/mol. The molecular formula is C17H24N2O4. The zero-order chi connectivity index (χ0) is 17.2. The number of methoxy groups -OCH3 is 2. The van der Waals surface area contributed by atoms with Crippen LogP contribution in [0.4, 0.5) is 0 Å². The van der Waals surface area contributed by atoms with Crippen LogP contribution in [0.15, 0.2) is 30.9 Å². The lowest BCUT2D eigenvalue weighted by Gasteiger charge is -2.21. The van der Waals surface area contributed by atoms with E-state index in [1.807, 2.05) is 12.1 Å². The van der Waals surface area contributed by atoms with E-state index in [0.717, 1.165) is 5.56 Å². The third-order valence-electron chi connectivity index (χ3n) is 3.32. The summed E-state index contributed by atoms with van der Waals surface area (Å²) >= 11 is 0. The molecule has 0 radical (unpaired) electrons. The maximum absolute atomic E-state index is 11.8. The lowest BCUT2D eigenvalue weighted by Crippen LogP contribution is -2.33. The van der Waals surface area contributed by atoms with Gasteiger partial charge in [-0.05, 0) is 17.7 Å². The van der Waals surface area contributed by atoms with Crippen LogP contribution in [-0.2, 0) is 16.1 Å². The highest BCUT2D eigenvalue weighted by atomic mass is 16.5. The minimum Gasteiger partial charge on any atom is -0.493 e. The monoisotopic (exact) mass is 320 g/mol. The summed E-state index contributed by atoms with van der Waals surface area (Å²) in [7, 11) is 3.13. The summed E-state index contributed by atoms with van der Waals surface area (Å²) in [5, 5.41) is 2.69. The maximum Gasteiger partial charge on any atom is 0.222 e. The number of hydrogen-bond donors (Lipinski definition) is 1. The number of hydrogen-bond acceptors (Lipinski definition) is 4. The first-order valence-electron chi connectivity index (χ1n) is 7.35. The van der Waals surface area contributed by atoms with Crippen molar-refractivity contribution in [3.63, 3.8) is 0 Å². The number of nitrogens with one attached hydrogen (secondary N) is 1. The average Bonchev–Trinajstić information content (AvgIpc) is 2.55. The molecule has 126 valence electrons. The highest BCUT2D eigenvalue weighted by Gasteiger charge is 2.13. The molecule has 23 heavy (non-hydrogen) atoms. The van der Waals surface area contributed by atoms with E-state index in [1.54, 1.807) is 31.3 Å². The van der Waals surface area contributed by atoms with Crippen molar-refractivity contribution in [2.45, 2.75) is 19.9 Å². The quantitative estimate of drug-likeness (QED) is 0.704. The molecule has 1 aromatic carbocycles. The second-order valence-electron chi connectivity index (χ2n) is 4.97. The number of carbonyl (C=O) groups excluding carboxylic acids is 2. The molecule has 0 aromatic heterocycles. The highest BCUT2D eigenvalue weighted by molar-refractivity contribution is 5.78. The van der Waals surface area contributed by atoms with E-state index in [0.29, 0.717) is 31.1 Å². The molecule has 1 N–H and O–H groups in total. The summed E-state index contributed by atoms with van der Waals surface area (Å²) in [5.74, 6) is 1.05. The fourth-order valence-electron chi connectivity index (χ4n) is 2.06. The molecule has 0 bridgehead atoms. The Kier molecular flexibility index (Phi) is 7.66. The van der Waals surface area contributed by atoms with Crippen LogP contribution in [0.5, 0.6) is 11.5 Å². The van der Waals surface area contributed by atoms with E-state index >= 15 is 0 Å². The van der Waals surface area contributed by atoms with Gasteiger partial charge in [-0.2, -0.15) is 0 Å². The molecule has 0 unspecified atom stereocenters. The molecule has 0 heterocycles. The van der Waals surface area contributed by atoms with Crippen molar-refractivity contribution in [2.75, 3.05) is 27.3 Å². The van der Waals surface area contributed by atoms with Crippen LogP contribution in [0.25, 0.3) is 0 Å². The minimum atomic E-state index is -0.108. The third-order valence-corrected chi connectivity index (χ3v) is 3.32. The van der Waals surface area contributed by atoms with Crippen molar-refractivity contribution in [3.8, 4) is 11.5 Å². The number of nitrogens with zero attached hydrogens (tertiary/aromatic N) is 1. The summed E-state index contributed by atoms with van der Waals surface area (Å²) < 4.78 is 10.5. The predicted octanol–water partition coefficient (Wildman–Crippen LogP) is 1.74. The second kappa shape index (κ2) is 9.50. The normalized spacial score (nSPS) is 9.87. The first-order chi connectivity index (χ1) is 11.0. The minimum absolute atomic E-state index is 0.0868. The van der Waals surface area contributed by atoms with Gasteiger partial charge in [-0.15, -0.1) is 6.58 Å². The summed E-state index contributed by atoms with van der Waals surface area (Å²) in [6.45, 7) is 6.22. The number of ether oxygens (including phenoxy) is 2. The smallest absolute Gasteiger partial charge is 0.222 e. The molecule has 1 rings (SSSR count). The first-order valence-corrected chi connectivity index (χ1v) is 7.35. The molecule has 0 aliphatic heterocycles. The van der Waals surface area contributed by atoms with Gasteiger partial charge in [0.2, 0.25) is 11.8 Å². The standard InChI is InChI=1S/C17H24N2O4/c1-5-9-18-17(21)8-10-19(13(2)20)12-14-6-7-15(22-3)16(11-14)23-4/h5-7,11H,1,8-10,12H2,2-4H3,(H,18,21). The fraction of sp³-hybridized carbons (Fsp3) is 0.412. The van der Waals surface area contributed by atoms with Gasteiger partial charge in [-0.25, -0.2) is 0 Å². The van der Waals surface area contributed by atoms with Crippen LogP contribution < -0.4 is 14.8 Å². The summed E-state index contributed by atoms with van der Waals surface area (Å²) in [6, 6.07) is 5.49. The van der Waals surface area contributed by atoms with Crippen LogP contribution in [0.2, 0.25) is 0 Å². The Labute approximate surface area is 137 Å². The topological polar surface area (TPSA) is 67.9 Å². The number of amides is 2. The van der Waals surface area contributed by atoms with Gasteiger partial charge in [0.15, 0.2) is 11.5 Å². The van der Waals surface area contributed by atoms with E-state index in [2.05, 4.69) is 11.9 Å². The van der Waals surface area contributed by atoms with Crippen molar-refractivity contribution < 1.29 is 19.1 Å². The SMILES string of the molecule is C=CCNC(=O)CCN(Cc1ccc(OC)c(OC)c1)C(C)=O. The van der Waals surface area contributed by atoms with Crippen molar-refractivity contribution in [3.05, 3.63) is 36.4 Å². The van der Waals surface area contributed by atoms with Gasteiger partial charge in [0.25, 0.3) is 0 Å². The number of rotatable bonds is 9. The van der Waals surface area contributed by atoms with Crippen LogP contribution in [0.3, 0.4) is 0 Å². The Morgan fingerprint density at radius 2 is 1.96 bits per heavy atom. The largest absolute Gasteiger partial charge is 0.493 e. The molecule has 1 aromatic rings. The van der Waals surface area contributed by atoms with E-state index in [-0.39, 0.29) is 18.2 Å². The van der Waals surface area contributed by atoms with Gasteiger partial charge in [0.1, 0.15) is 0 Å². The van der Waals surface area contributed by atoms with Gasteiger partial charge < -0.3 is 19.7 Å². The third kappa shape index (κ3) is 6.02. The molecule has 0 saturated carbocycles. The molecule has 0 aliphatic carbocycles. The molecule has 0 saturated heterocycles. The van der Waals surface area contributed by atoms with Gasteiger partial charge in [0, 0.05) is 33.0 Å². The molecule has 0 spiro atoms. The zero-order valence-corrected chi connectivity index (χ0v) is 13.9. The Morgan fingerprint density at radius 1 is 1.26 bits per heavy atom. The molecule has 6 nitrogen and oxygen atoms in total. The van der Waals surface area contributed by atoms with Gasteiger partial charge in [-0.1, -0.05) is 12.1 Å². The second-order valence-corrected chi connectivity index (χ2v) is 4.97. The van der Waals surface area contributed by atoms with Gasteiger partial charge in [0.05, 0.1) is 14.2 Å². The van der Waals surface area contributed by atoms with Crippen molar-refractivity contribution in [1.29, 1.82) is 0 Å². The van der Waals surface area contributed by atoms with E-state index in [1.165, 1.54) is 6.92 Å². The number of benzene rings is 1. The lowest BCUT2D eigenvalue weighted by atomic mass is 10.1. The Balaban J connectivity index is 2.70. The van der Waals surface area contributed by atoms with Crippen molar-refractivity contribution in [1.82, 2.24) is 10.2 Å². The van der Waals surface area contributed by atoms with E-state index < -0.39 is 0 Å². The molecule has 0 atom stereocenters. The Bertz CT molecular complexity index is 558. The van der Waals surface area contributed by atoms with Crippen molar-refractivity contribution in [2.24, 2.45) is 0 Å². The molecule has 0 fully saturated rings. The van der Waals surface area contributed by atoms with Crippen molar-refractivity contribution >= 4 is 11.8 Å². The molecule has 6 heteroatoms. The highest BCUT2D eigenvalue weighted by Crippen LogP contribution is 2.28. The Morgan fingerprint density at radius 3 is 2.52 bits per heavy atom. The summed E-state index contributed by atoms with van der Waals surface area (Å²) in [6.07, 6.45) is 1.87. The van der Waals surface area contributed by atoms with Crippen LogP contribution in [0, 0.1) is 0 Å². The summed E-state index contributed by atoms with van der Waals surface area (Å²) in [5.41, 5.74) is 0.907. The molecule has 0 aliphatic rings.